The highest BCUT2D eigenvalue weighted by Crippen LogP contribution is 2.28. The van der Waals surface area contributed by atoms with E-state index in [2.05, 4.69) is 20.5 Å². The number of nitrogens with one attached hydrogen (secondary N) is 2. The van der Waals surface area contributed by atoms with Gasteiger partial charge in [-0.1, -0.05) is 0 Å². The molecule has 0 saturated carbocycles. The van der Waals surface area contributed by atoms with Gasteiger partial charge in [0.05, 0.1) is 28.0 Å². The van der Waals surface area contributed by atoms with Crippen LogP contribution in [0.4, 0.5) is 16.5 Å². The number of aryl methyl sites for hydroxylation is 1. The SMILES string of the molecule is Cc1cc(NC(=O)c2ccco2)sc1C(=O)Nc1ccc(N2CCCC2)nc1. The van der Waals surface area contributed by atoms with Gasteiger partial charge in [-0.2, -0.15) is 0 Å². The van der Waals surface area contributed by atoms with Crippen LogP contribution in [0.2, 0.25) is 0 Å². The van der Waals surface area contributed by atoms with Crippen LogP contribution in [0.5, 0.6) is 0 Å². The van der Waals surface area contributed by atoms with E-state index in [-0.39, 0.29) is 17.6 Å². The Morgan fingerprint density at radius 3 is 2.64 bits per heavy atom. The molecule has 1 aliphatic rings. The van der Waals surface area contributed by atoms with Gasteiger partial charge < -0.3 is 20.0 Å². The minimum Gasteiger partial charge on any atom is -0.459 e. The Balaban J connectivity index is 1.42. The first-order valence-corrected chi connectivity index (χ1v) is 9.89. The summed E-state index contributed by atoms with van der Waals surface area (Å²) in [4.78, 5) is 31.9. The predicted octanol–water partition coefficient (Wildman–Crippen LogP) is 4.15. The first-order valence-electron chi connectivity index (χ1n) is 9.08. The monoisotopic (exact) mass is 396 g/mol. The van der Waals surface area contributed by atoms with Crippen LogP contribution in [-0.2, 0) is 0 Å². The van der Waals surface area contributed by atoms with Gasteiger partial charge in [-0.25, -0.2) is 4.98 Å². The maximum atomic E-state index is 12.6. The molecule has 28 heavy (non-hydrogen) atoms. The van der Waals surface area contributed by atoms with Crippen LogP contribution in [0.3, 0.4) is 0 Å². The zero-order chi connectivity index (χ0) is 19.5. The van der Waals surface area contributed by atoms with E-state index in [9.17, 15) is 9.59 Å². The fourth-order valence-corrected chi connectivity index (χ4v) is 4.09. The van der Waals surface area contributed by atoms with Crippen molar-refractivity contribution in [3.05, 3.63) is 59.0 Å². The Morgan fingerprint density at radius 1 is 1.14 bits per heavy atom. The molecule has 0 aromatic carbocycles. The van der Waals surface area contributed by atoms with E-state index >= 15 is 0 Å². The number of aromatic nitrogens is 1. The lowest BCUT2D eigenvalue weighted by Crippen LogP contribution is -2.19. The molecule has 7 nitrogen and oxygen atoms in total. The summed E-state index contributed by atoms with van der Waals surface area (Å²) in [6.45, 7) is 3.89. The van der Waals surface area contributed by atoms with Crippen molar-refractivity contribution >= 4 is 39.7 Å². The third-order valence-electron chi connectivity index (χ3n) is 4.54. The van der Waals surface area contributed by atoms with E-state index < -0.39 is 0 Å². The summed E-state index contributed by atoms with van der Waals surface area (Å²) in [6.07, 6.45) is 5.50. The molecule has 0 spiro atoms. The van der Waals surface area contributed by atoms with E-state index in [0.717, 1.165) is 24.5 Å². The lowest BCUT2D eigenvalue weighted by atomic mass is 10.2. The number of hydrogen-bond donors (Lipinski definition) is 2. The van der Waals surface area contributed by atoms with E-state index in [4.69, 9.17) is 4.42 Å². The summed E-state index contributed by atoms with van der Waals surface area (Å²) in [5, 5.41) is 6.21. The number of thiophene rings is 1. The fraction of sp³-hybridized carbons (Fsp3) is 0.250. The minimum absolute atomic E-state index is 0.223. The average Bonchev–Trinajstić information content (AvgIpc) is 3.44. The van der Waals surface area contributed by atoms with E-state index in [0.29, 0.717) is 15.6 Å². The van der Waals surface area contributed by atoms with Crippen LogP contribution in [0.25, 0.3) is 0 Å². The molecule has 0 unspecified atom stereocenters. The fourth-order valence-electron chi connectivity index (χ4n) is 3.13. The standard InChI is InChI=1S/C20H20N4O3S/c1-13-11-17(23-19(25)15-5-4-10-27-15)28-18(13)20(26)22-14-6-7-16(21-12-14)24-8-2-3-9-24/h4-7,10-12H,2-3,8-9H2,1H3,(H,22,26)(H,23,25). The van der Waals surface area contributed by atoms with Crippen molar-refractivity contribution in [2.45, 2.75) is 19.8 Å². The zero-order valence-corrected chi connectivity index (χ0v) is 16.2. The van der Waals surface area contributed by atoms with Gasteiger partial charge in [-0.3, -0.25) is 9.59 Å². The van der Waals surface area contributed by atoms with Crippen LogP contribution in [-0.4, -0.2) is 29.9 Å². The number of carbonyl (C=O) groups excluding carboxylic acids is 2. The van der Waals surface area contributed by atoms with Crippen molar-refractivity contribution in [3.63, 3.8) is 0 Å². The van der Waals surface area contributed by atoms with Gasteiger partial charge >= 0.3 is 0 Å². The number of hydrogen-bond acceptors (Lipinski definition) is 6. The number of furan rings is 1. The molecule has 2 N–H and O–H groups in total. The molecule has 4 heterocycles. The van der Waals surface area contributed by atoms with Crippen LogP contribution >= 0.6 is 11.3 Å². The first kappa shape index (κ1) is 18.2. The normalized spacial score (nSPS) is 13.5. The summed E-state index contributed by atoms with van der Waals surface area (Å²) in [5.41, 5.74) is 1.43. The molecule has 1 aliphatic heterocycles. The van der Waals surface area contributed by atoms with Crippen LogP contribution in [0.15, 0.2) is 47.2 Å². The molecule has 8 heteroatoms. The molecule has 3 aromatic rings. The summed E-state index contributed by atoms with van der Waals surface area (Å²) >= 11 is 1.22. The van der Waals surface area contributed by atoms with Gasteiger partial charge in [0.25, 0.3) is 11.8 Å². The molecular formula is C20H20N4O3S. The molecule has 1 fully saturated rings. The van der Waals surface area contributed by atoms with Crippen LogP contribution in [0, 0.1) is 6.92 Å². The van der Waals surface area contributed by atoms with Gasteiger partial charge in [0.1, 0.15) is 5.82 Å². The quantitative estimate of drug-likeness (QED) is 0.676. The molecule has 0 aliphatic carbocycles. The molecule has 1 saturated heterocycles. The molecule has 0 bridgehead atoms. The lowest BCUT2D eigenvalue weighted by molar-refractivity contribution is 0.0995. The second-order valence-electron chi connectivity index (χ2n) is 6.61. The molecule has 0 radical (unpaired) electrons. The second kappa shape index (κ2) is 7.85. The lowest BCUT2D eigenvalue weighted by Gasteiger charge is -2.16. The number of nitrogens with zero attached hydrogens (tertiary/aromatic N) is 2. The number of carbonyl (C=O) groups is 2. The summed E-state index contributed by atoms with van der Waals surface area (Å²) in [6, 6.07) is 8.80. The zero-order valence-electron chi connectivity index (χ0n) is 15.4. The second-order valence-corrected chi connectivity index (χ2v) is 7.66. The Bertz CT molecular complexity index is 974. The van der Waals surface area contributed by atoms with Crippen molar-refractivity contribution in [1.29, 1.82) is 0 Å². The van der Waals surface area contributed by atoms with Crippen molar-refractivity contribution in [2.24, 2.45) is 0 Å². The number of anilines is 3. The van der Waals surface area contributed by atoms with Gasteiger partial charge in [-0.15, -0.1) is 11.3 Å². The summed E-state index contributed by atoms with van der Waals surface area (Å²) in [7, 11) is 0. The highest BCUT2D eigenvalue weighted by Gasteiger charge is 2.17. The number of amides is 2. The topological polar surface area (TPSA) is 87.5 Å². The van der Waals surface area contributed by atoms with E-state index in [1.807, 2.05) is 19.1 Å². The largest absolute Gasteiger partial charge is 0.459 e. The minimum atomic E-state index is -0.347. The van der Waals surface area contributed by atoms with E-state index in [1.165, 1.54) is 30.4 Å². The molecule has 144 valence electrons. The summed E-state index contributed by atoms with van der Waals surface area (Å²) in [5.74, 6) is 0.587. The van der Waals surface area contributed by atoms with Crippen molar-refractivity contribution in [1.82, 2.24) is 4.98 Å². The predicted molar refractivity (Wildman–Crippen MR) is 109 cm³/mol. The van der Waals surface area contributed by atoms with Crippen molar-refractivity contribution in [3.8, 4) is 0 Å². The Hall–Kier alpha value is -3.13. The van der Waals surface area contributed by atoms with E-state index in [1.54, 1.807) is 24.4 Å². The molecule has 2 amide bonds. The van der Waals surface area contributed by atoms with Crippen LogP contribution in [0.1, 0.15) is 38.6 Å². The van der Waals surface area contributed by atoms with Gasteiger partial charge in [0, 0.05) is 13.1 Å². The Labute approximate surface area is 166 Å². The maximum absolute atomic E-state index is 12.6. The highest BCUT2D eigenvalue weighted by atomic mass is 32.1. The third kappa shape index (κ3) is 3.91. The van der Waals surface area contributed by atoms with Crippen molar-refractivity contribution in [2.75, 3.05) is 28.6 Å². The number of rotatable bonds is 5. The highest BCUT2D eigenvalue weighted by molar-refractivity contribution is 7.18. The Kier molecular flexibility index (Phi) is 5.12. The summed E-state index contributed by atoms with van der Waals surface area (Å²) < 4.78 is 5.08. The number of pyridine rings is 1. The Morgan fingerprint density at radius 2 is 1.96 bits per heavy atom. The first-order chi connectivity index (χ1) is 13.6. The van der Waals surface area contributed by atoms with Gasteiger partial charge in [-0.05, 0) is 55.7 Å². The smallest absolute Gasteiger partial charge is 0.291 e. The van der Waals surface area contributed by atoms with Gasteiger partial charge in [0.15, 0.2) is 5.76 Å². The maximum Gasteiger partial charge on any atom is 0.291 e. The molecule has 3 aromatic heterocycles. The molecule has 4 rings (SSSR count). The van der Waals surface area contributed by atoms with Crippen LogP contribution < -0.4 is 15.5 Å². The molecule has 0 atom stereocenters. The van der Waals surface area contributed by atoms with Crippen molar-refractivity contribution < 1.29 is 14.0 Å². The molecular weight excluding hydrogens is 376 g/mol. The third-order valence-corrected chi connectivity index (χ3v) is 5.69. The average molecular weight is 396 g/mol. The van der Waals surface area contributed by atoms with Gasteiger partial charge in [0.2, 0.25) is 0 Å².